The van der Waals surface area contributed by atoms with Gasteiger partial charge in [0.2, 0.25) is 0 Å². The van der Waals surface area contributed by atoms with Crippen molar-refractivity contribution in [1.29, 1.82) is 0 Å². The molecule has 0 aliphatic heterocycles. The molecule has 3 rings (SSSR count). The highest BCUT2D eigenvalue weighted by Crippen LogP contribution is 2.35. The number of nitrogens with zero attached hydrogens (tertiary/aromatic N) is 1. The van der Waals surface area contributed by atoms with E-state index < -0.39 is 5.91 Å². The summed E-state index contributed by atoms with van der Waals surface area (Å²) in [6, 6.07) is 14.4. The molecule has 0 spiro atoms. The molecule has 0 bridgehead atoms. The highest BCUT2D eigenvalue weighted by atomic mass is 127. The van der Waals surface area contributed by atoms with E-state index >= 15 is 0 Å². The summed E-state index contributed by atoms with van der Waals surface area (Å²) in [5.74, 6) is 0.982. The topological polar surface area (TPSA) is 73.1 Å². The average molecular weight is 525 g/mol. The van der Waals surface area contributed by atoms with Crippen molar-refractivity contribution < 1.29 is 18.7 Å². The molecule has 1 heterocycles. The van der Waals surface area contributed by atoms with Gasteiger partial charge in [0.25, 0.3) is 0 Å². The lowest BCUT2D eigenvalue weighted by Gasteiger charge is -2.15. The van der Waals surface area contributed by atoms with Crippen LogP contribution in [0, 0.1) is 3.57 Å². The molecule has 0 aliphatic carbocycles. The maximum Gasteiger partial charge on any atom is 0.307 e. The average Bonchev–Trinajstić information content (AvgIpc) is 3.24. The fourth-order valence-electron chi connectivity index (χ4n) is 2.46. The van der Waals surface area contributed by atoms with Gasteiger partial charge in [-0.15, -0.1) is 0 Å². The van der Waals surface area contributed by atoms with Crippen molar-refractivity contribution >= 4 is 46.3 Å². The van der Waals surface area contributed by atoms with Crippen molar-refractivity contribution in [1.82, 2.24) is 5.43 Å². The molecule has 0 atom stereocenters. The molecule has 150 valence electrons. The number of ether oxygens (including phenoxy) is 2. The van der Waals surface area contributed by atoms with E-state index in [1.807, 2.05) is 37.3 Å². The normalized spacial score (nSPS) is 10.9. The van der Waals surface area contributed by atoms with Gasteiger partial charge in [-0.05, 0) is 65.4 Å². The summed E-state index contributed by atoms with van der Waals surface area (Å²) < 4.78 is 17.6. The van der Waals surface area contributed by atoms with Gasteiger partial charge in [0.05, 0.1) is 22.7 Å². The molecule has 1 N–H and O–H groups in total. The van der Waals surface area contributed by atoms with Crippen LogP contribution in [-0.2, 0) is 6.61 Å². The second kappa shape index (κ2) is 10.3. The summed E-state index contributed by atoms with van der Waals surface area (Å²) in [5, 5.41) is 4.62. The largest absolute Gasteiger partial charge is 0.490 e. The number of nitrogens with one attached hydrogen (secondary N) is 1. The third-order valence-corrected chi connectivity index (χ3v) is 4.96. The molecule has 8 heteroatoms. The minimum Gasteiger partial charge on any atom is -0.490 e. The molecular formula is C21H18ClIN2O4. The number of hydrazone groups is 1. The second-order valence-electron chi connectivity index (χ2n) is 5.82. The minimum atomic E-state index is -0.425. The lowest BCUT2D eigenvalue weighted by atomic mass is 10.2. The summed E-state index contributed by atoms with van der Waals surface area (Å²) in [7, 11) is 0. The number of hydrogen-bond donors (Lipinski definition) is 1. The lowest BCUT2D eigenvalue weighted by Crippen LogP contribution is -2.16. The van der Waals surface area contributed by atoms with Crippen LogP contribution < -0.4 is 14.9 Å². The number of amides is 1. The molecule has 0 fully saturated rings. The number of furan rings is 1. The van der Waals surface area contributed by atoms with Crippen molar-refractivity contribution in [3.63, 3.8) is 0 Å². The maximum atomic E-state index is 11.9. The van der Waals surface area contributed by atoms with Gasteiger partial charge in [-0.25, -0.2) is 5.43 Å². The Labute approximate surface area is 187 Å². The van der Waals surface area contributed by atoms with E-state index in [1.54, 1.807) is 18.2 Å². The molecule has 2 aromatic carbocycles. The first-order valence-electron chi connectivity index (χ1n) is 8.78. The van der Waals surface area contributed by atoms with Crippen LogP contribution in [0.2, 0.25) is 5.02 Å². The Balaban J connectivity index is 1.74. The van der Waals surface area contributed by atoms with Crippen molar-refractivity contribution in [3.8, 4) is 11.5 Å². The van der Waals surface area contributed by atoms with E-state index in [2.05, 4.69) is 33.1 Å². The predicted octanol–water partition coefficient (Wildman–Crippen LogP) is 5.28. The van der Waals surface area contributed by atoms with E-state index in [-0.39, 0.29) is 5.76 Å². The highest BCUT2D eigenvalue weighted by molar-refractivity contribution is 14.1. The van der Waals surface area contributed by atoms with E-state index in [4.69, 9.17) is 25.5 Å². The molecule has 0 saturated heterocycles. The van der Waals surface area contributed by atoms with Crippen LogP contribution in [0.5, 0.6) is 11.5 Å². The third kappa shape index (κ3) is 5.74. The number of halogens is 2. The van der Waals surface area contributed by atoms with Crippen LogP contribution in [-0.4, -0.2) is 18.7 Å². The number of carbonyl (C=O) groups excluding carboxylic acids is 1. The molecule has 29 heavy (non-hydrogen) atoms. The Kier molecular flexibility index (Phi) is 7.54. The van der Waals surface area contributed by atoms with Gasteiger partial charge < -0.3 is 13.9 Å². The van der Waals surface area contributed by atoms with E-state index in [9.17, 15) is 4.79 Å². The van der Waals surface area contributed by atoms with Crippen LogP contribution in [0.15, 0.2) is 64.3 Å². The van der Waals surface area contributed by atoms with Crippen molar-refractivity contribution in [2.24, 2.45) is 5.10 Å². The monoisotopic (exact) mass is 524 g/mol. The SMILES string of the molecule is CCOc1cc(/C=N\NC(=O)c2ccco2)cc(I)c1OCc1ccccc1Cl. The Morgan fingerprint density at radius 3 is 2.79 bits per heavy atom. The quantitative estimate of drug-likeness (QED) is 0.247. The minimum absolute atomic E-state index is 0.190. The van der Waals surface area contributed by atoms with E-state index in [0.29, 0.717) is 29.7 Å². The van der Waals surface area contributed by atoms with Gasteiger partial charge in [-0.1, -0.05) is 29.8 Å². The molecule has 0 aliphatic rings. The molecule has 6 nitrogen and oxygen atoms in total. The van der Waals surface area contributed by atoms with Gasteiger partial charge in [0.15, 0.2) is 17.3 Å². The van der Waals surface area contributed by atoms with Crippen LogP contribution in [0.4, 0.5) is 0 Å². The first kappa shape index (κ1) is 21.2. The molecular weight excluding hydrogens is 507 g/mol. The molecule has 1 aromatic heterocycles. The lowest BCUT2D eigenvalue weighted by molar-refractivity contribution is 0.0927. The number of rotatable bonds is 8. The Bertz CT molecular complexity index is 1010. The smallest absolute Gasteiger partial charge is 0.307 e. The zero-order valence-electron chi connectivity index (χ0n) is 15.5. The highest BCUT2D eigenvalue weighted by Gasteiger charge is 2.13. The van der Waals surface area contributed by atoms with Gasteiger partial charge in [0.1, 0.15) is 6.61 Å². The fourth-order valence-corrected chi connectivity index (χ4v) is 3.43. The summed E-state index contributed by atoms with van der Waals surface area (Å²) in [6.07, 6.45) is 2.96. The van der Waals surface area contributed by atoms with Crippen LogP contribution in [0.3, 0.4) is 0 Å². The molecule has 0 unspecified atom stereocenters. The first-order chi connectivity index (χ1) is 14.1. The van der Waals surface area contributed by atoms with Gasteiger partial charge in [-0.2, -0.15) is 5.10 Å². The van der Waals surface area contributed by atoms with Gasteiger partial charge in [-0.3, -0.25) is 4.79 Å². The first-order valence-corrected chi connectivity index (χ1v) is 10.2. The zero-order chi connectivity index (χ0) is 20.6. The summed E-state index contributed by atoms with van der Waals surface area (Å²) in [5.41, 5.74) is 4.06. The van der Waals surface area contributed by atoms with Crippen molar-refractivity contribution in [3.05, 3.63) is 80.3 Å². The van der Waals surface area contributed by atoms with Gasteiger partial charge >= 0.3 is 5.91 Å². The summed E-state index contributed by atoms with van der Waals surface area (Å²) in [6.45, 7) is 2.70. The molecule has 0 saturated carbocycles. The summed E-state index contributed by atoms with van der Waals surface area (Å²) >= 11 is 8.38. The zero-order valence-corrected chi connectivity index (χ0v) is 18.4. The van der Waals surface area contributed by atoms with Crippen molar-refractivity contribution in [2.45, 2.75) is 13.5 Å². The van der Waals surface area contributed by atoms with E-state index in [1.165, 1.54) is 12.5 Å². The molecule has 3 aromatic rings. The molecule has 1 amide bonds. The van der Waals surface area contributed by atoms with Crippen molar-refractivity contribution in [2.75, 3.05) is 6.61 Å². The Morgan fingerprint density at radius 2 is 2.07 bits per heavy atom. The maximum absolute atomic E-state index is 11.9. The fraction of sp³-hybridized carbons (Fsp3) is 0.143. The molecule has 0 radical (unpaired) electrons. The number of benzene rings is 2. The van der Waals surface area contributed by atoms with Crippen LogP contribution >= 0.6 is 34.2 Å². The standard InChI is InChI=1S/C21H18ClIN2O4/c1-2-27-19-11-14(12-24-25-21(26)18-8-5-9-28-18)10-17(23)20(19)29-13-15-6-3-4-7-16(15)22/h3-12H,2,13H2,1H3,(H,25,26)/b24-12-. The predicted molar refractivity (Wildman–Crippen MR) is 120 cm³/mol. The second-order valence-corrected chi connectivity index (χ2v) is 7.39. The van der Waals surface area contributed by atoms with Crippen LogP contribution in [0.1, 0.15) is 28.6 Å². The van der Waals surface area contributed by atoms with Crippen LogP contribution in [0.25, 0.3) is 0 Å². The summed E-state index contributed by atoms with van der Waals surface area (Å²) in [4.78, 5) is 11.9. The number of carbonyl (C=O) groups is 1. The Morgan fingerprint density at radius 1 is 1.24 bits per heavy atom. The van der Waals surface area contributed by atoms with Gasteiger partial charge in [0, 0.05) is 10.6 Å². The Hall–Kier alpha value is -2.52. The van der Waals surface area contributed by atoms with E-state index in [0.717, 1.165) is 14.7 Å². The third-order valence-electron chi connectivity index (χ3n) is 3.79. The number of hydrogen-bond acceptors (Lipinski definition) is 5.